The molecule has 1 atom stereocenters. The molecule has 0 amide bonds. The van der Waals surface area contributed by atoms with Crippen molar-refractivity contribution in [2.45, 2.75) is 44.9 Å². The van der Waals surface area contributed by atoms with Gasteiger partial charge in [0.2, 0.25) is 0 Å². The van der Waals surface area contributed by atoms with Gasteiger partial charge in [0, 0.05) is 33.5 Å². The van der Waals surface area contributed by atoms with Crippen LogP contribution >= 0.6 is 0 Å². The maximum absolute atomic E-state index is 2.50. The van der Waals surface area contributed by atoms with Crippen LogP contribution in [0.4, 0.5) is 17.1 Å². The first-order valence-electron chi connectivity index (χ1n) is 19.9. The van der Waals surface area contributed by atoms with Crippen molar-refractivity contribution in [3.63, 3.8) is 0 Å². The average molecular weight is 707 g/mol. The van der Waals surface area contributed by atoms with E-state index < -0.39 is 0 Å². The van der Waals surface area contributed by atoms with Gasteiger partial charge < -0.3 is 9.47 Å². The smallest absolute Gasteiger partial charge is 0.0689 e. The molecule has 7 aromatic carbocycles. The van der Waals surface area contributed by atoms with Crippen LogP contribution in [0.1, 0.15) is 60.1 Å². The molecule has 0 saturated carbocycles. The highest BCUT2D eigenvalue weighted by molar-refractivity contribution is 6.10. The Bertz CT molecular complexity index is 2830. The number of nitrogens with zero attached hydrogens (tertiary/aromatic N) is 2. The van der Waals surface area contributed by atoms with Crippen molar-refractivity contribution in [2.24, 2.45) is 0 Å². The Labute approximate surface area is 323 Å². The zero-order valence-corrected chi connectivity index (χ0v) is 31.4. The van der Waals surface area contributed by atoms with Gasteiger partial charge in [0.05, 0.1) is 16.4 Å². The highest BCUT2D eigenvalue weighted by Gasteiger charge is 2.52. The highest BCUT2D eigenvalue weighted by Crippen LogP contribution is 2.64. The molecule has 264 valence electrons. The Morgan fingerprint density at radius 3 is 1.80 bits per heavy atom. The molecule has 0 N–H and O–H groups in total. The van der Waals surface area contributed by atoms with Crippen LogP contribution < -0.4 is 4.90 Å². The molecule has 11 rings (SSSR count). The van der Waals surface area contributed by atoms with Crippen molar-refractivity contribution in [1.82, 2.24) is 4.57 Å². The monoisotopic (exact) mass is 706 g/mol. The lowest BCUT2D eigenvalue weighted by Crippen LogP contribution is -2.28. The highest BCUT2D eigenvalue weighted by atomic mass is 15.1. The minimum absolute atomic E-state index is 0.309. The van der Waals surface area contributed by atoms with Gasteiger partial charge in [-0.2, -0.15) is 0 Å². The zero-order valence-electron chi connectivity index (χ0n) is 31.4. The molecule has 1 heterocycles. The molecule has 0 saturated heterocycles. The number of fused-ring (bicyclic) bond motifs is 12. The molecular weight excluding hydrogens is 665 g/mol. The Morgan fingerprint density at radius 2 is 1.11 bits per heavy atom. The van der Waals surface area contributed by atoms with Gasteiger partial charge in [-0.3, -0.25) is 0 Å². The first-order valence-corrected chi connectivity index (χ1v) is 19.9. The number of anilines is 3. The molecule has 8 aromatic rings. The third kappa shape index (κ3) is 4.55. The summed E-state index contributed by atoms with van der Waals surface area (Å²) in [5.41, 5.74) is 20.8. The van der Waals surface area contributed by atoms with E-state index in [2.05, 4.69) is 193 Å². The third-order valence-electron chi connectivity index (χ3n) is 12.6. The number of aryl methyl sites for hydroxylation is 2. The summed E-state index contributed by atoms with van der Waals surface area (Å²) in [6, 6.07) is 59.6. The number of rotatable bonds is 6. The van der Waals surface area contributed by atoms with E-state index in [9.17, 15) is 0 Å². The van der Waals surface area contributed by atoms with E-state index in [1.807, 2.05) is 0 Å². The molecule has 0 radical (unpaired) electrons. The Hall–Kier alpha value is -6.38. The number of aromatic nitrogens is 1. The van der Waals surface area contributed by atoms with E-state index in [1.54, 1.807) is 5.57 Å². The summed E-state index contributed by atoms with van der Waals surface area (Å²) in [6.45, 7) is 4.48. The molecule has 2 nitrogen and oxygen atoms in total. The summed E-state index contributed by atoms with van der Waals surface area (Å²) in [5, 5.41) is 2.65. The quantitative estimate of drug-likeness (QED) is 0.167. The predicted molar refractivity (Wildman–Crippen MR) is 231 cm³/mol. The molecule has 3 aliphatic carbocycles. The van der Waals surface area contributed by atoms with Crippen LogP contribution in [0, 0.1) is 0 Å². The summed E-state index contributed by atoms with van der Waals surface area (Å²) >= 11 is 0. The van der Waals surface area contributed by atoms with E-state index in [1.165, 1.54) is 83.3 Å². The molecule has 0 aliphatic heterocycles. The summed E-state index contributed by atoms with van der Waals surface area (Å²) in [4.78, 5) is 2.44. The van der Waals surface area contributed by atoms with Crippen molar-refractivity contribution in [1.29, 1.82) is 0 Å². The molecular formula is C53H42N2. The lowest BCUT2D eigenvalue weighted by molar-refractivity contribution is 0.714. The van der Waals surface area contributed by atoms with E-state index in [0.717, 1.165) is 37.1 Å². The minimum Gasteiger partial charge on any atom is -0.310 e. The Morgan fingerprint density at radius 1 is 0.527 bits per heavy atom. The second-order valence-electron chi connectivity index (χ2n) is 15.3. The minimum atomic E-state index is -0.309. The van der Waals surface area contributed by atoms with Crippen molar-refractivity contribution in [3.8, 4) is 16.8 Å². The fourth-order valence-electron chi connectivity index (χ4n) is 10.1. The molecule has 2 heteroatoms. The van der Waals surface area contributed by atoms with Gasteiger partial charge in [-0.05, 0) is 154 Å². The van der Waals surface area contributed by atoms with Gasteiger partial charge in [0.15, 0.2) is 0 Å². The van der Waals surface area contributed by atoms with Crippen LogP contribution in [0.5, 0.6) is 0 Å². The fourth-order valence-corrected chi connectivity index (χ4v) is 10.1. The number of allylic oxidation sites excluding steroid dienone is 4. The molecule has 0 bridgehead atoms. The molecule has 1 spiro atoms. The van der Waals surface area contributed by atoms with E-state index in [4.69, 9.17) is 0 Å². The van der Waals surface area contributed by atoms with Gasteiger partial charge >= 0.3 is 0 Å². The molecule has 0 fully saturated rings. The third-order valence-corrected chi connectivity index (χ3v) is 12.6. The van der Waals surface area contributed by atoms with E-state index >= 15 is 0 Å². The first kappa shape index (κ1) is 32.1. The lowest BCUT2D eigenvalue weighted by Gasteiger charge is -2.34. The maximum Gasteiger partial charge on any atom is 0.0689 e. The standard InChI is InChI=1S/C53H42N2/c1-3-35-22-30-51-45(32-35)46-33-36(4-2)23-31-52(46)55(51)39-26-24-38(25-27-39)54(37-14-6-5-7-15-37)40-28-29-44-43-18-10-13-21-49(43)53(50(44)34-40)47-19-11-8-16-41(47)42-17-9-12-20-48(42)53/h5-11,13-19,21-34H,3-4,12,20H2,1-2H3. The van der Waals surface area contributed by atoms with Gasteiger partial charge in [0.25, 0.3) is 0 Å². The predicted octanol–water partition coefficient (Wildman–Crippen LogP) is 13.8. The van der Waals surface area contributed by atoms with Gasteiger partial charge in [-0.15, -0.1) is 0 Å². The van der Waals surface area contributed by atoms with E-state index in [-0.39, 0.29) is 5.41 Å². The van der Waals surface area contributed by atoms with Crippen molar-refractivity contribution in [2.75, 3.05) is 4.90 Å². The summed E-state index contributed by atoms with van der Waals surface area (Å²) in [7, 11) is 0. The van der Waals surface area contributed by atoms with Crippen LogP contribution in [0.15, 0.2) is 175 Å². The number of benzene rings is 7. The van der Waals surface area contributed by atoms with Crippen LogP contribution in [0.25, 0.3) is 44.2 Å². The molecule has 1 unspecified atom stereocenters. The second kappa shape index (κ2) is 12.3. The average Bonchev–Trinajstić information content (AvgIpc) is 3.85. The first-order chi connectivity index (χ1) is 27.2. The second-order valence-corrected chi connectivity index (χ2v) is 15.3. The van der Waals surface area contributed by atoms with Gasteiger partial charge in [0.1, 0.15) is 0 Å². The lowest BCUT2D eigenvalue weighted by atomic mass is 9.68. The van der Waals surface area contributed by atoms with Crippen molar-refractivity contribution in [3.05, 3.63) is 209 Å². The van der Waals surface area contributed by atoms with Crippen LogP contribution in [0.2, 0.25) is 0 Å². The topological polar surface area (TPSA) is 8.17 Å². The van der Waals surface area contributed by atoms with Crippen molar-refractivity contribution < 1.29 is 0 Å². The summed E-state index contributed by atoms with van der Waals surface area (Å²) in [6.07, 6.45) is 8.93. The number of hydrogen-bond donors (Lipinski definition) is 0. The fraction of sp³-hybridized carbons (Fsp3) is 0.132. The van der Waals surface area contributed by atoms with Crippen LogP contribution in [-0.4, -0.2) is 4.57 Å². The summed E-state index contributed by atoms with van der Waals surface area (Å²) in [5.74, 6) is 0. The Kier molecular flexibility index (Phi) is 7.19. The summed E-state index contributed by atoms with van der Waals surface area (Å²) < 4.78 is 2.44. The van der Waals surface area contributed by atoms with Crippen LogP contribution in [0.3, 0.4) is 0 Å². The van der Waals surface area contributed by atoms with E-state index in [0.29, 0.717) is 0 Å². The van der Waals surface area contributed by atoms with Gasteiger partial charge in [-0.1, -0.05) is 111 Å². The van der Waals surface area contributed by atoms with Gasteiger partial charge in [-0.25, -0.2) is 0 Å². The number of hydrogen-bond acceptors (Lipinski definition) is 1. The van der Waals surface area contributed by atoms with Crippen LogP contribution in [-0.2, 0) is 18.3 Å². The SMILES string of the molecule is CCc1ccc2c(c1)c1cc(CC)ccc1n2-c1ccc(N(c2ccccc2)c2ccc3c(c2)C2(C4=C(C=CCC4)c4ccccc42)c2ccccc2-3)cc1. The molecule has 3 aliphatic rings. The molecule has 55 heavy (non-hydrogen) atoms. The largest absolute Gasteiger partial charge is 0.310 e. The normalized spacial score (nSPS) is 16.5. The number of para-hydroxylation sites is 1. The van der Waals surface area contributed by atoms with Crippen molar-refractivity contribution >= 4 is 44.4 Å². The maximum atomic E-state index is 2.50. The Balaban J connectivity index is 1.09. The zero-order chi connectivity index (χ0) is 36.7. The molecule has 1 aromatic heterocycles.